The van der Waals surface area contributed by atoms with E-state index in [4.69, 9.17) is 16.9 Å². The van der Waals surface area contributed by atoms with E-state index in [1.807, 2.05) is 19.9 Å². The summed E-state index contributed by atoms with van der Waals surface area (Å²) < 4.78 is 27.1. The maximum atomic E-state index is 12.8. The van der Waals surface area contributed by atoms with E-state index in [1.54, 1.807) is 0 Å². The highest BCUT2D eigenvalue weighted by atomic mass is 35.5. The first kappa shape index (κ1) is 15.3. The van der Waals surface area contributed by atoms with E-state index in [1.165, 1.54) is 22.5 Å². The molecule has 0 aromatic heterocycles. The van der Waals surface area contributed by atoms with E-state index in [-0.39, 0.29) is 21.9 Å². The van der Waals surface area contributed by atoms with Crippen LogP contribution in [0, 0.1) is 17.2 Å². The van der Waals surface area contributed by atoms with Gasteiger partial charge in [0.15, 0.2) is 0 Å². The van der Waals surface area contributed by atoms with Gasteiger partial charge in [0.2, 0.25) is 10.0 Å². The van der Waals surface area contributed by atoms with E-state index in [0.717, 1.165) is 12.8 Å². The van der Waals surface area contributed by atoms with Crippen molar-refractivity contribution < 1.29 is 8.42 Å². The lowest BCUT2D eigenvalue weighted by Gasteiger charge is -2.27. The van der Waals surface area contributed by atoms with Gasteiger partial charge in [-0.2, -0.15) is 9.57 Å². The minimum Gasteiger partial charge on any atom is -0.207 e. The smallest absolute Gasteiger partial charge is 0.207 e. The minimum absolute atomic E-state index is 0.00167. The zero-order valence-electron chi connectivity index (χ0n) is 11.5. The molecule has 108 valence electrons. The average molecular weight is 313 g/mol. The van der Waals surface area contributed by atoms with Gasteiger partial charge in [-0.15, -0.1) is 0 Å². The Hall–Kier alpha value is -1.09. The molecule has 0 spiro atoms. The molecular formula is C14H17ClN2O2S. The van der Waals surface area contributed by atoms with Crippen LogP contribution in [0.1, 0.15) is 32.3 Å². The Kier molecular flexibility index (Phi) is 4.38. The Labute approximate surface area is 125 Å². The van der Waals surface area contributed by atoms with E-state index >= 15 is 0 Å². The van der Waals surface area contributed by atoms with E-state index < -0.39 is 10.0 Å². The number of hydrogen-bond acceptors (Lipinski definition) is 3. The first-order valence-electron chi connectivity index (χ1n) is 6.59. The summed E-state index contributed by atoms with van der Waals surface area (Å²) in [5.74, 6) is 0.255. The Morgan fingerprint density at radius 3 is 2.75 bits per heavy atom. The third-order valence-corrected chi connectivity index (χ3v) is 6.07. The van der Waals surface area contributed by atoms with Crippen molar-refractivity contribution in [2.24, 2.45) is 5.92 Å². The maximum Gasteiger partial charge on any atom is 0.244 e. The molecule has 1 aliphatic rings. The van der Waals surface area contributed by atoms with Gasteiger partial charge in [-0.05, 0) is 37.0 Å². The second kappa shape index (κ2) is 5.72. The van der Waals surface area contributed by atoms with Crippen LogP contribution < -0.4 is 0 Å². The highest BCUT2D eigenvalue weighted by molar-refractivity contribution is 7.89. The van der Waals surface area contributed by atoms with E-state index in [0.29, 0.717) is 12.1 Å². The van der Waals surface area contributed by atoms with Gasteiger partial charge in [-0.1, -0.05) is 25.4 Å². The molecule has 1 heterocycles. The van der Waals surface area contributed by atoms with Crippen LogP contribution in [0.25, 0.3) is 0 Å². The van der Waals surface area contributed by atoms with E-state index in [2.05, 4.69) is 0 Å². The molecule has 1 saturated heterocycles. The van der Waals surface area contributed by atoms with Gasteiger partial charge in [0, 0.05) is 12.6 Å². The molecule has 4 nitrogen and oxygen atoms in total. The first-order valence-corrected chi connectivity index (χ1v) is 8.41. The van der Waals surface area contributed by atoms with Crippen molar-refractivity contribution in [1.29, 1.82) is 5.26 Å². The lowest BCUT2D eigenvalue weighted by atomic mass is 10.0. The molecule has 1 aromatic carbocycles. The van der Waals surface area contributed by atoms with Crippen LogP contribution >= 0.6 is 11.6 Å². The molecule has 0 amide bonds. The Morgan fingerprint density at radius 2 is 2.15 bits per heavy atom. The normalized spacial score (nSPS) is 20.2. The Bertz CT molecular complexity index is 650. The number of benzene rings is 1. The summed E-state index contributed by atoms with van der Waals surface area (Å²) in [7, 11) is -3.65. The number of nitrogens with zero attached hydrogens (tertiary/aromatic N) is 2. The van der Waals surface area contributed by atoms with Crippen molar-refractivity contribution in [3.05, 3.63) is 28.8 Å². The molecule has 0 bridgehead atoms. The van der Waals surface area contributed by atoms with Crippen LogP contribution in [0.3, 0.4) is 0 Å². The van der Waals surface area contributed by atoms with Gasteiger partial charge in [0.1, 0.15) is 4.90 Å². The molecule has 0 N–H and O–H groups in total. The zero-order chi connectivity index (χ0) is 14.9. The van der Waals surface area contributed by atoms with Gasteiger partial charge < -0.3 is 0 Å². The molecule has 0 radical (unpaired) electrons. The van der Waals surface area contributed by atoms with Crippen LogP contribution in [0.15, 0.2) is 23.1 Å². The highest BCUT2D eigenvalue weighted by Crippen LogP contribution is 2.33. The fraction of sp³-hybridized carbons (Fsp3) is 0.500. The minimum atomic E-state index is -3.65. The van der Waals surface area contributed by atoms with Gasteiger partial charge in [-0.25, -0.2) is 8.42 Å². The third-order valence-electron chi connectivity index (χ3n) is 3.66. The fourth-order valence-electron chi connectivity index (χ4n) is 2.63. The quantitative estimate of drug-likeness (QED) is 0.862. The molecule has 20 heavy (non-hydrogen) atoms. The molecule has 1 aliphatic heterocycles. The van der Waals surface area contributed by atoms with Crippen molar-refractivity contribution in [2.75, 3.05) is 6.54 Å². The van der Waals surface area contributed by atoms with Crippen molar-refractivity contribution in [3.8, 4) is 6.07 Å². The Balaban J connectivity index is 2.48. The molecule has 1 unspecified atom stereocenters. The standard InChI is InChI=1S/C14H17ClN2O2S/c1-10(2)13-4-3-7-17(13)20(18,19)14-8-11(9-16)5-6-12(14)15/h5-6,8,10,13H,3-4,7H2,1-2H3. The SMILES string of the molecule is CC(C)C1CCCN1S(=O)(=O)c1cc(C#N)ccc1Cl. The number of sulfonamides is 1. The van der Waals surface area contributed by atoms with Gasteiger partial charge in [0.25, 0.3) is 0 Å². The second-order valence-electron chi connectivity index (χ2n) is 5.33. The first-order chi connectivity index (χ1) is 9.37. The fourth-order valence-corrected chi connectivity index (χ4v) is 4.96. The molecule has 0 aliphatic carbocycles. The van der Waals surface area contributed by atoms with Crippen LogP contribution in [0.5, 0.6) is 0 Å². The second-order valence-corrected chi connectivity index (χ2v) is 7.59. The molecule has 1 fully saturated rings. The summed E-state index contributed by atoms with van der Waals surface area (Å²) in [4.78, 5) is 0.0331. The molecule has 0 saturated carbocycles. The topological polar surface area (TPSA) is 61.2 Å². The summed E-state index contributed by atoms with van der Waals surface area (Å²) >= 11 is 6.03. The summed E-state index contributed by atoms with van der Waals surface area (Å²) in [6, 6.07) is 6.29. The average Bonchev–Trinajstić information content (AvgIpc) is 2.89. The highest BCUT2D eigenvalue weighted by Gasteiger charge is 2.37. The zero-order valence-corrected chi connectivity index (χ0v) is 13.1. The van der Waals surface area contributed by atoms with Crippen molar-refractivity contribution in [1.82, 2.24) is 4.31 Å². The Morgan fingerprint density at radius 1 is 1.45 bits per heavy atom. The van der Waals surface area contributed by atoms with Crippen LogP contribution in [-0.4, -0.2) is 25.3 Å². The monoisotopic (exact) mass is 312 g/mol. The summed E-state index contributed by atoms with van der Waals surface area (Å²) in [5, 5.41) is 9.09. The maximum absolute atomic E-state index is 12.8. The van der Waals surface area contributed by atoms with Gasteiger partial charge in [0.05, 0.1) is 16.7 Å². The summed E-state index contributed by atoms with van der Waals surface area (Å²) in [5.41, 5.74) is 0.299. The van der Waals surface area contributed by atoms with Gasteiger partial charge >= 0.3 is 0 Å². The van der Waals surface area contributed by atoms with Crippen molar-refractivity contribution in [2.45, 2.75) is 37.6 Å². The molecule has 6 heteroatoms. The van der Waals surface area contributed by atoms with Crippen LogP contribution in [-0.2, 0) is 10.0 Å². The molecule has 2 rings (SSSR count). The number of hydrogen-bond donors (Lipinski definition) is 0. The summed E-state index contributed by atoms with van der Waals surface area (Å²) in [6.07, 6.45) is 1.73. The number of nitriles is 1. The van der Waals surface area contributed by atoms with Crippen molar-refractivity contribution >= 4 is 21.6 Å². The molecule has 1 aromatic rings. The van der Waals surface area contributed by atoms with Crippen LogP contribution in [0.2, 0.25) is 5.02 Å². The summed E-state index contributed by atoms with van der Waals surface area (Å²) in [6.45, 7) is 4.55. The van der Waals surface area contributed by atoms with E-state index in [9.17, 15) is 8.42 Å². The largest absolute Gasteiger partial charge is 0.244 e. The molecule has 1 atom stereocenters. The lowest BCUT2D eigenvalue weighted by molar-refractivity contribution is 0.316. The lowest BCUT2D eigenvalue weighted by Crippen LogP contribution is -2.38. The van der Waals surface area contributed by atoms with Crippen LogP contribution in [0.4, 0.5) is 0 Å². The predicted molar refractivity (Wildman–Crippen MR) is 77.9 cm³/mol. The van der Waals surface area contributed by atoms with Gasteiger partial charge in [-0.3, -0.25) is 0 Å². The third kappa shape index (κ3) is 2.69. The predicted octanol–water partition coefficient (Wildman–Crippen LogP) is 3.02. The number of halogens is 1. The molecular weight excluding hydrogens is 296 g/mol. The van der Waals surface area contributed by atoms with Crippen molar-refractivity contribution in [3.63, 3.8) is 0 Å². The number of rotatable bonds is 3.